The zero-order valence-corrected chi connectivity index (χ0v) is 11.8. The van der Waals surface area contributed by atoms with E-state index in [4.69, 9.17) is 9.47 Å². The highest BCUT2D eigenvalue weighted by Gasteiger charge is 2.39. The van der Waals surface area contributed by atoms with Crippen LogP contribution in [0.5, 0.6) is 5.75 Å². The number of rotatable bonds is 4. The van der Waals surface area contributed by atoms with Gasteiger partial charge in [0.15, 0.2) is 6.61 Å². The molecule has 1 aromatic carbocycles. The molecule has 4 nitrogen and oxygen atoms in total. The number of benzene rings is 1. The predicted molar refractivity (Wildman–Crippen MR) is 75.6 cm³/mol. The largest absolute Gasteiger partial charge is 0.482 e. The predicted octanol–water partition coefficient (Wildman–Crippen LogP) is 2.23. The molecule has 2 saturated heterocycles. The van der Waals surface area contributed by atoms with E-state index in [9.17, 15) is 4.79 Å². The van der Waals surface area contributed by atoms with Crippen molar-refractivity contribution < 1.29 is 14.3 Å². The summed E-state index contributed by atoms with van der Waals surface area (Å²) in [4.78, 5) is 14.3. The van der Waals surface area contributed by atoms with E-state index in [1.807, 2.05) is 30.3 Å². The topological polar surface area (TPSA) is 38.8 Å². The third kappa shape index (κ3) is 2.96. The summed E-state index contributed by atoms with van der Waals surface area (Å²) in [6.07, 6.45) is 4.45. The minimum Gasteiger partial charge on any atom is -0.482 e. The van der Waals surface area contributed by atoms with Gasteiger partial charge in [-0.1, -0.05) is 18.2 Å². The van der Waals surface area contributed by atoms with Gasteiger partial charge in [-0.2, -0.15) is 0 Å². The van der Waals surface area contributed by atoms with Crippen LogP contribution in [0.2, 0.25) is 0 Å². The van der Waals surface area contributed by atoms with Gasteiger partial charge in [0, 0.05) is 12.1 Å². The van der Waals surface area contributed by atoms with Crippen LogP contribution in [0.1, 0.15) is 25.7 Å². The Bertz CT molecular complexity index is 448. The van der Waals surface area contributed by atoms with E-state index >= 15 is 0 Å². The van der Waals surface area contributed by atoms with E-state index in [-0.39, 0.29) is 18.7 Å². The van der Waals surface area contributed by atoms with Gasteiger partial charge in [-0.3, -0.25) is 0 Å². The molecule has 2 aliphatic heterocycles. The molecule has 3 rings (SSSR count). The molecule has 0 saturated carbocycles. The molecule has 2 fully saturated rings. The van der Waals surface area contributed by atoms with Gasteiger partial charge >= 0.3 is 5.97 Å². The number of nitrogens with zero attached hydrogens (tertiary/aromatic N) is 1. The molecule has 1 unspecified atom stereocenters. The molecule has 20 heavy (non-hydrogen) atoms. The summed E-state index contributed by atoms with van der Waals surface area (Å²) in [6.45, 7) is -0.00825. The zero-order chi connectivity index (χ0) is 13.9. The fourth-order valence-electron chi connectivity index (χ4n) is 3.34. The molecule has 1 aromatic rings. The second-order valence-electron chi connectivity index (χ2n) is 5.74. The van der Waals surface area contributed by atoms with Crippen molar-refractivity contribution >= 4 is 5.97 Å². The fourth-order valence-corrected chi connectivity index (χ4v) is 3.34. The Balaban J connectivity index is 1.45. The van der Waals surface area contributed by atoms with Crippen molar-refractivity contribution in [3.8, 4) is 5.75 Å². The van der Waals surface area contributed by atoms with Crippen molar-refractivity contribution in [3.63, 3.8) is 0 Å². The highest BCUT2D eigenvalue weighted by atomic mass is 16.6. The number of carbonyl (C=O) groups excluding carboxylic acids is 1. The van der Waals surface area contributed by atoms with Crippen LogP contribution in [0.15, 0.2) is 30.3 Å². The fraction of sp³-hybridized carbons (Fsp3) is 0.562. The second kappa shape index (κ2) is 5.83. The lowest BCUT2D eigenvalue weighted by molar-refractivity contribution is -0.154. The average molecular weight is 275 g/mol. The summed E-state index contributed by atoms with van der Waals surface area (Å²) in [5.74, 6) is 0.440. The Morgan fingerprint density at radius 2 is 1.85 bits per heavy atom. The van der Waals surface area contributed by atoms with Crippen molar-refractivity contribution in [3.05, 3.63) is 30.3 Å². The lowest BCUT2D eigenvalue weighted by Gasteiger charge is -2.35. The molecule has 3 atom stereocenters. The van der Waals surface area contributed by atoms with Crippen LogP contribution in [0.3, 0.4) is 0 Å². The van der Waals surface area contributed by atoms with Crippen LogP contribution >= 0.6 is 0 Å². The quantitative estimate of drug-likeness (QED) is 0.790. The first kappa shape index (κ1) is 13.4. The van der Waals surface area contributed by atoms with Crippen molar-refractivity contribution in [2.24, 2.45) is 0 Å². The van der Waals surface area contributed by atoms with Gasteiger partial charge in [-0.05, 0) is 44.9 Å². The number of ether oxygens (including phenoxy) is 2. The molecule has 2 aliphatic rings. The minimum absolute atomic E-state index is 0.00825. The third-order valence-corrected chi connectivity index (χ3v) is 4.45. The van der Waals surface area contributed by atoms with Crippen molar-refractivity contribution in [2.45, 2.75) is 43.9 Å². The average Bonchev–Trinajstić information content (AvgIpc) is 2.68. The summed E-state index contributed by atoms with van der Waals surface area (Å²) in [6, 6.07) is 10.5. The Kier molecular flexibility index (Phi) is 3.92. The van der Waals surface area contributed by atoms with Crippen molar-refractivity contribution in [2.75, 3.05) is 13.7 Å². The number of hydrogen-bond donors (Lipinski definition) is 0. The molecule has 0 aliphatic carbocycles. The first-order chi connectivity index (χ1) is 9.72. The van der Waals surface area contributed by atoms with Crippen LogP contribution in [-0.2, 0) is 9.53 Å². The molecule has 2 heterocycles. The molecular formula is C16H21NO3. The molecule has 0 aromatic heterocycles. The number of piperidine rings is 1. The normalized spacial score (nSPS) is 29.1. The SMILES string of the molecule is CN1[C@@H]2CC[C@H]1CC(OC(=O)COc1ccccc1)C2. The first-order valence-corrected chi connectivity index (χ1v) is 7.31. The maximum atomic E-state index is 11.8. The van der Waals surface area contributed by atoms with E-state index in [1.54, 1.807) is 0 Å². The lowest BCUT2D eigenvalue weighted by Crippen LogP contribution is -2.43. The van der Waals surface area contributed by atoms with Gasteiger partial charge in [0.25, 0.3) is 0 Å². The number of fused-ring (bicyclic) bond motifs is 2. The highest BCUT2D eigenvalue weighted by molar-refractivity contribution is 5.71. The van der Waals surface area contributed by atoms with E-state index in [2.05, 4.69) is 11.9 Å². The van der Waals surface area contributed by atoms with Crippen molar-refractivity contribution in [1.29, 1.82) is 0 Å². The van der Waals surface area contributed by atoms with Crippen LogP contribution in [0.25, 0.3) is 0 Å². The molecule has 4 heteroatoms. The lowest BCUT2D eigenvalue weighted by atomic mass is 10.0. The van der Waals surface area contributed by atoms with Gasteiger partial charge in [-0.15, -0.1) is 0 Å². The van der Waals surface area contributed by atoms with Gasteiger partial charge in [0.05, 0.1) is 0 Å². The third-order valence-electron chi connectivity index (χ3n) is 4.45. The summed E-state index contributed by atoms with van der Waals surface area (Å²) >= 11 is 0. The van der Waals surface area contributed by atoms with Gasteiger partial charge in [-0.25, -0.2) is 4.79 Å². The number of para-hydroxylation sites is 1. The van der Waals surface area contributed by atoms with E-state index < -0.39 is 0 Å². The monoisotopic (exact) mass is 275 g/mol. The van der Waals surface area contributed by atoms with E-state index in [0.29, 0.717) is 17.8 Å². The molecule has 0 N–H and O–H groups in total. The molecule has 0 amide bonds. The number of esters is 1. The van der Waals surface area contributed by atoms with Crippen LogP contribution < -0.4 is 4.74 Å². The summed E-state index contributed by atoms with van der Waals surface area (Å²) in [5.41, 5.74) is 0. The van der Waals surface area contributed by atoms with Crippen molar-refractivity contribution in [1.82, 2.24) is 4.90 Å². The molecule has 2 bridgehead atoms. The summed E-state index contributed by atoms with van der Waals surface area (Å²) in [5, 5.41) is 0. The van der Waals surface area contributed by atoms with E-state index in [1.165, 1.54) is 12.8 Å². The van der Waals surface area contributed by atoms with Gasteiger partial charge in [0.2, 0.25) is 0 Å². The first-order valence-electron chi connectivity index (χ1n) is 7.31. The standard InChI is InChI=1S/C16H21NO3/c1-17-12-7-8-13(17)10-15(9-12)20-16(18)11-19-14-5-3-2-4-6-14/h2-6,12-13,15H,7-11H2,1H3/t12-,13+,15?. The van der Waals surface area contributed by atoms with Gasteiger partial charge in [0.1, 0.15) is 11.9 Å². The molecule has 0 radical (unpaired) electrons. The Hall–Kier alpha value is -1.55. The number of carbonyl (C=O) groups is 1. The Morgan fingerprint density at radius 3 is 2.50 bits per heavy atom. The van der Waals surface area contributed by atoms with Crippen LogP contribution in [-0.4, -0.2) is 42.7 Å². The maximum Gasteiger partial charge on any atom is 0.344 e. The summed E-state index contributed by atoms with van der Waals surface area (Å²) < 4.78 is 11.0. The smallest absolute Gasteiger partial charge is 0.344 e. The minimum atomic E-state index is -0.261. The Labute approximate surface area is 119 Å². The summed E-state index contributed by atoms with van der Waals surface area (Å²) in [7, 11) is 2.18. The van der Waals surface area contributed by atoms with Crippen LogP contribution in [0.4, 0.5) is 0 Å². The van der Waals surface area contributed by atoms with E-state index in [0.717, 1.165) is 12.8 Å². The molecule has 0 spiro atoms. The maximum absolute atomic E-state index is 11.8. The Morgan fingerprint density at radius 1 is 1.20 bits per heavy atom. The number of hydrogen-bond acceptors (Lipinski definition) is 4. The van der Waals surface area contributed by atoms with Gasteiger partial charge < -0.3 is 14.4 Å². The molecule has 108 valence electrons. The molecular weight excluding hydrogens is 254 g/mol. The second-order valence-corrected chi connectivity index (χ2v) is 5.74. The highest BCUT2D eigenvalue weighted by Crippen LogP contribution is 2.35. The zero-order valence-electron chi connectivity index (χ0n) is 11.8. The van der Waals surface area contributed by atoms with Crippen LogP contribution in [0, 0.1) is 0 Å².